The molecule has 3 amide bonds. The normalized spacial score (nSPS) is 30.2. The molecule has 1 N–H and O–H groups in total. The predicted molar refractivity (Wildman–Crippen MR) is 159 cm³/mol. The van der Waals surface area contributed by atoms with Gasteiger partial charge >= 0.3 is 0 Å². The van der Waals surface area contributed by atoms with Crippen molar-refractivity contribution < 1.29 is 19.5 Å². The van der Waals surface area contributed by atoms with Crippen LogP contribution >= 0.6 is 23.4 Å². The zero-order valence-electron chi connectivity index (χ0n) is 22.4. The summed E-state index contributed by atoms with van der Waals surface area (Å²) in [7, 11) is 0. The molecular formula is C31H32ClN3O4S. The van der Waals surface area contributed by atoms with E-state index in [4.69, 9.17) is 11.6 Å². The van der Waals surface area contributed by atoms with E-state index in [0.717, 1.165) is 11.3 Å². The average Bonchev–Trinajstić information content (AvgIpc) is 3.27. The van der Waals surface area contributed by atoms with E-state index < -0.39 is 28.7 Å². The molecule has 40 heavy (non-hydrogen) atoms. The van der Waals surface area contributed by atoms with Gasteiger partial charge in [-0.25, -0.2) is 0 Å². The van der Waals surface area contributed by atoms with Crippen LogP contribution < -0.4 is 9.80 Å². The Labute approximate surface area is 243 Å². The standard InChI is InChI=1S/C31H32ClN3O4S/c1-3-20(18-36)35-27-30(39)34(26-19(2)10-7-13-22(26)32)17-9-15-31(27)25(29(35)38)24-23(40-31)14-8-16-33(28(24)37)21-11-5-4-6-12-21/h4-15,20,23-25,27,36H,3,16-18H2,1-2H3/t20-,23-,24+,25-,27?,31-/m0/s1. The van der Waals surface area contributed by atoms with Crippen LogP contribution in [0.2, 0.25) is 5.02 Å². The van der Waals surface area contributed by atoms with Gasteiger partial charge in [0.1, 0.15) is 6.04 Å². The van der Waals surface area contributed by atoms with Gasteiger partial charge in [-0.05, 0) is 37.1 Å². The molecule has 4 aliphatic rings. The minimum atomic E-state index is -0.963. The molecule has 0 saturated carbocycles. The topological polar surface area (TPSA) is 81.2 Å². The monoisotopic (exact) mass is 577 g/mol. The number of anilines is 2. The predicted octanol–water partition coefficient (Wildman–Crippen LogP) is 4.22. The van der Waals surface area contributed by atoms with E-state index in [0.29, 0.717) is 30.2 Å². The van der Waals surface area contributed by atoms with Crippen LogP contribution in [0.25, 0.3) is 0 Å². The number of amides is 3. The number of thioether (sulfide) groups is 1. The number of aryl methyl sites for hydroxylation is 1. The molecule has 2 fully saturated rings. The van der Waals surface area contributed by atoms with Crippen molar-refractivity contribution in [3.8, 4) is 0 Å². The Balaban J connectivity index is 1.49. The van der Waals surface area contributed by atoms with E-state index >= 15 is 0 Å². The van der Waals surface area contributed by atoms with E-state index in [2.05, 4.69) is 0 Å². The van der Waals surface area contributed by atoms with Gasteiger partial charge in [0.05, 0.1) is 39.9 Å². The molecule has 2 saturated heterocycles. The van der Waals surface area contributed by atoms with E-state index in [-0.39, 0.29) is 29.6 Å². The average molecular weight is 578 g/mol. The first-order valence-electron chi connectivity index (χ1n) is 13.7. The number of aliphatic hydroxyl groups is 1. The van der Waals surface area contributed by atoms with Gasteiger partial charge in [0, 0.05) is 24.0 Å². The minimum Gasteiger partial charge on any atom is -0.394 e. The van der Waals surface area contributed by atoms with Gasteiger partial charge in [-0.3, -0.25) is 14.4 Å². The van der Waals surface area contributed by atoms with Crippen molar-refractivity contribution in [1.29, 1.82) is 0 Å². The Bertz CT molecular complexity index is 1390. The Morgan fingerprint density at radius 2 is 1.75 bits per heavy atom. The number of hydrogen-bond donors (Lipinski definition) is 1. The van der Waals surface area contributed by atoms with Gasteiger partial charge in [0.25, 0.3) is 5.91 Å². The summed E-state index contributed by atoms with van der Waals surface area (Å²) in [5.41, 5.74) is 2.25. The van der Waals surface area contributed by atoms with Crippen LogP contribution in [0.5, 0.6) is 0 Å². The lowest BCUT2D eigenvalue weighted by Gasteiger charge is -2.38. The van der Waals surface area contributed by atoms with Gasteiger partial charge in [0.2, 0.25) is 11.8 Å². The van der Waals surface area contributed by atoms with Crippen LogP contribution in [0.4, 0.5) is 11.4 Å². The first-order chi connectivity index (χ1) is 19.3. The molecule has 1 spiro atoms. The van der Waals surface area contributed by atoms with Crippen LogP contribution in [0.1, 0.15) is 18.9 Å². The molecule has 4 aliphatic heterocycles. The fourth-order valence-electron chi connectivity index (χ4n) is 6.89. The second kappa shape index (κ2) is 10.4. The third-order valence-electron chi connectivity index (χ3n) is 8.70. The summed E-state index contributed by atoms with van der Waals surface area (Å²) in [6.45, 7) is 4.24. The highest BCUT2D eigenvalue weighted by molar-refractivity contribution is 8.02. The van der Waals surface area contributed by atoms with Crippen LogP contribution in [0, 0.1) is 18.8 Å². The zero-order valence-corrected chi connectivity index (χ0v) is 24.0. The van der Waals surface area contributed by atoms with Gasteiger partial charge in [0.15, 0.2) is 0 Å². The lowest BCUT2D eigenvalue weighted by molar-refractivity contribution is -0.141. The van der Waals surface area contributed by atoms with Gasteiger partial charge < -0.3 is 19.8 Å². The maximum absolute atomic E-state index is 14.6. The zero-order chi connectivity index (χ0) is 28.2. The number of aliphatic hydroxyl groups excluding tert-OH is 1. The van der Waals surface area contributed by atoms with Crippen molar-refractivity contribution in [2.24, 2.45) is 11.8 Å². The maximum atomic E-state index is 14.6. The number of para-hydroxylation sites is 2. The maximum Gasteiger partial charge on any atom is 0.251 e. The number of carbonyl (C=O) groups excluding carboxylic acids is 3. The molecule has 6 rings (SSSR count). The fraction of sp³-hybridized carbons (Fsp3) is 0.387. The highest BCUT2D eigenvalue weighted by atomic mass is 35.5. The largest absolute Gasteiger partial charge is 0.394 e. The summed E-state index contributed by atoms with van der Waals surface area (Å²) in [5, 5.41) is 10.5. The summed E-state index contributed by atoms with van der Waals surface area (Å²) < 4.78 is -0.963. The van der Waals surface area contributed by atoms with Crippen molar-refractivity contribution in [3.63, 3.8) is 0 Å². The van der Waals surface area contributed by atoms with Crippen LogP contribution in [0.15, 0.2) is 72.8 Å². The smallest absolute Gasteiger partial charge is 0.251 e. The van der Waals surface area contributed by atoms with E-state index in [1.165, 1.54) is 11.8 Å². The first-order valence-corrected chi connectivity index (χ1v) is 15.0. The molecule has 9 heteroatoms. The quantitative estimate of drug-likeness (QED) is 0.538. The van der Waals surface area contributed by atoms with Crippen molar-refractivity contribution in [1.82, 2.24) is 4.90 Å². The number of rotatable bonds is 5. The van der Waals surface area contributed by atoms with Crippen LogP contribution in [-0.2, 0) is 14.4 Å². The second-order valence-corrected chi connectivity index (χ2v) is 12.7. The highest BCUT2D eigenvalue weighted by Gasteiger charge is 2.71. The van der Waals surface area contributed by atoms with E-state index in [9.17, 15) is 19.5 Å². The Hall–Kier alpha value is -3.07. The number of hydrogen-bond acceptors (Lipinski definition) is 5. The number of likely N-dealkylation sites (tertiary alicyclic amines) is 1. The Morgan fingerprint density at radius 3 is 2.45 bits per heavy atom. The SMILES string of the molecule is CC[C@@H](CO)N1C(=O)[C@@H]2[C@@H]3C(=O)N(c4ccccc4)CC=C[C@@H]3S[C@@]23C=CCN(c2c(C)cccc2Cl)C(=O)C13. The molecule has 7 nitrogen and oxygen atoms in total. The highest BCUT2D eigenvalue weighted by Crippen LogP contribution is 2.61. The van der Waals surface area contributed by atoms with Crippen molar-refractivity contribution >= 4 is 52.5 Å². The molecule has 0 aromatic heterocycles. The van der Waals surface area contributed by atoms with Gasteiger partial charge in [-0.1, -0.05) is 73.2 Å². The molecular weight excluding hydrogens is 546 g/mol. The molecule has 4 heterocycles. The van der Waals surface area contributed by atoms with Gasteiger partial charge in [-0.15, -0.1) is 11.8 Å². The molecule has 1 unspecified atom stereocenters. The third kappa shape index (κ3) is 3.95. The van der Waals surface area contributed by atoms with Crippen molar-refractivity contribution in [3.05, 3.63) is 83.4 Å². The van der Waals surface area contributed by atoms with Crippen molar-refractivity contribution in [2.45, 2.75) is 42.3 Å². The summed E-state index contributed by atoms with van der Waals surface area (Å²) in [4.78, 5) is 48.3. The van der Waals surface area contributed by atoms with Crippen molar-refractivity contribution in [2.75, 3.05) is 29.5 Å². The Kier molecular flexibility index (Phi) is 7.05. The van der Waals surface area contributed by atoms with Crippen LogP contribution in [-0.4, -0.2) is 69.5 Å². The Morgan fingerprint density at radius 1 is 1.00 bits per heavy atom. The second-order valence-electron chi connectivity index (χ2n) is 10.8. The molecule has 2 aromatic carbocycles. The van der Waals surface area contributed by atoms with Crippen LogP contribution in [0.3, 0.4) is 0 Å². The van der Waals surface area contributed by atoms with E-state index in [1.807, 2.05) is 80.6 Å². The molecule has 0 aliphatic carbocycles. The molecule has 6 atom stereocenters. The molecule has 0 radical (unpaired) electrons. The summed E-state index contributed by atoms with van der Waals surface area (Å²) >= 11 is 8.16. The summed E-state index contributed by atoms with van der Waals surface area (Å²) in [6, 6.07) is 13.6. The molecule has 0 bridgehead atoms. The summed E-state index contributed by atoms with van der Waals surface area (Å²) in [6.07, 6.45) is 8.42. The van der Waals surface area contributed by atoms with E-state index in [1.54, 1.807) is 20.8 Å². The number of fused-ring (bicyclic) bond motifs is 2. The first kappa shape index (κ1) is 27.1. The number of benzene rings is 2. The molecule has 2 aromatic rings. The number of halogens is 1. The minimum absolute atomic E-state index is 0.120. The number of nitrogens with zero attached hydrogens (tertiary/aromatic N) is 3. The van der Waals surface area contributed by atoms with Gasteiger partial charge in [-0.2, -0.15) is 0 Å². The number of carbonyl (C=O) groups is 3. The fourth-order valence-corrected chi connectivity index (χ4v) is 9.21. The molecule has 208 valence electrons. The summed E-state index contributed by atoms with van der Waals surface area (Å²) in [5.74, 6) is -2.01. The third-order valence-corrected chi connectivity index (χ3v) is 10.7. The lowest BCUT2D eigenvalue weighted by Crippen LogP contribution is -2.56. The lowest BCUT2D eigenvalue weighted by atomic mass is 9.78.